The number of ketones is 1. The van der Waals surface area contributed by atoms with Crippen molar-refractivity contribution in [3.63, 3.8) is 0 Å². The number of rotatable bonds is 12. The summed E-state index contributed by atoms with van der Waals surface area (Å²) in [5.74, 6) is -1.81. The van der Waals surface area contributed by atoms with E-state index in [9.17, 15) is 14.3 Å². The Morgan fingerprint density at radius 1 is 1.16 bits per heavy atom. The summed E-state index contributed by atoms with van der Waals surface area (Å²) in [5.41, 5.74) is 4.95. The van der Waals surface area contributed by atoms with Crippen LogP contribution in [0.5, 0.6) is 5.75 Å². The molecular weight excluding hydrogens is 560 g/mol. The average Bonchev–Trinajstić information content (AvgIpc) is 3.66. The van der Waals surface area contributed by atoms with Gasteiger partial charge in [0, 0.05) is 52.7 Å². The van der Waals surface area contributed by atoms with Gasteiger partial charge in [0.25, 0.3) is 0 Å². The van der Waals surface area contributed by atoms with Crippen molar-refractivity contribution < 1.29 is 23.4 Å². The van der Waals surface area contributed by atoms with E-state index in [1.54, 1.807) is 12.3 Å². The van der Waals surface area contributed by atoms with Crippen LogP contribution in [0.4, 0.5) is 14.5 Å². The molecule has 8 heteroatoms. The number of aryl methyl sites for hydroxylation is 1. The highest BCUT2D eigenvalue weighted by molar-refractivity contribution is 6.25. The van der Waals surface area contributed by atoms with Gasteiger partial charge in [0.1, 0.15) is 0 Å². The predicted octanol–water partition coefficient (Wildman–Crippen LogP) is 8.14. The minimum atomic E-state index is -1.05. The molecule has 5 rings (SSSR count). The van der Waals surface area contributed by atoms with Gasteiger partial charge in [-0.3, -0.25) is 9.79 Å². The first-order chi connectivity index (χ1) is 21.3. The second kappa shape index (κ2) is 14.1. The Bertz CT molecular complexity index is 1600. The molecule has 1 atom stereocenters. The number of nitrogens with one attached hydrogen (secondary N) is 2. The van der Waals surface area contributed by atoms with Crippen LogP contribution in [0.25, 0.3) is 5.57 Å². The Morgan fingerprint density at radius 3 is 2.70 bits per heavy atom. The molecule has 0 amide bonds. The molecule has 3 aliphatic rings. The molecule has 2 aliphatic carbocycles. The Kier molecular flexibility index (Phi) is 10.0. The van der Waals surface area contributed by atoms with Crippen LogP contribution in [0.1, 0.15) is 79.8 Å². The molecule has 1 fully saturated rings. The zero-order chi connectivity index (χ0) is 31.2. The summed E-state index contributed by atoms with van der Waals surface area (Å²) in [7, 11) is 1.29. The number of nitrogens with zero attached hydrogens (tertiary/aromatic N) is 1. The quantitative estimate of drug-likeness (QED) is 0.170. The number of aliphatic hydroxyl groups is 1. The number of Topliss-reactive ketones (excluding diaryl/α,β-unsaturated/α-hetero) is 1. The SMILES string of the molecule is CCc1cc(N/C2=C\C/C=C\C=C3\C(c4ccc(OC)c(F)c4F)=CN=C23)ccc1C(=O)CC(=N)CC(O)CC1CCCC1. The average molecular weight is 600 g/mol. The van der Waals surface area contributed by atoms with Crippen LogP contribution in [0.3, 0.4) is 0 Å². The molecule has 1 aliphatic heterocycles. The fourth-order valence-electron chi connectivity index (χ4n) is 6.28. The summed E-state index contributed by atoms with van der Waals surface area (Å²) >= 11 is 0. The zero-order valence-corrected chi connectivity index (χ0v) is 25.3. The molecule has 44 heavy (non-hydrogen) atoms. The van der Waals surface area contributed by atoms with Crippen molar-refractivity contribution >= 4 is 28.5 Å². The van der Waals surface area contributed by atoms with E-state index in [2.05, 4.69) is 10.3 Å². The van der Waals surface area contributed by atoms with Crippen molar-refractivity contribution in [2.45, 2.75) is 70.8 Å². The Balaban J connectivity index is 1.28. The van der Waals surface area contributed by atoms with Crippen molar-refractivity contribution in [1.29, 1.82) is 5.41 Å². The van der Waals surface area contributed by atoms with Crippen LogP contribution < -0.4 is 10.1 Å². The largest absolute Gasteiger partial charge is 0.494 e. The van der Waals surface area contributed by atoms with Crippen molar-refractivity contribution in [3.05, 3.63) is 100 Å². The van der Waals surface area contributed by atoms with Gasteiger partial charge in [0.2, 0.25) is 5.82 Å². The third-order valence-electron chi connectivity index (χ3n) is 8.54. The van der Waals surface area contributed by atoms with Gasteiger partial charge < -0.3 is 20.6 Å². The van der Waals surface area contributed by atoms with E-state index in [1.165, 1.54) is 32.1 Å². The molecule has 3 N–H and O–H groups in total. The molecule has 0 bridgehead atoms. The third-order valence-corrected chi connectivity index (χ3v) is 8.54. The standard InChI is InChI=1S/C36H39F2N3O3/c1-3-23-18-25(13-14-27(23)32(43)20-24(39)19-26(42)17-22-9-7-8-10-22)41-31-12-6-4-5-11-29-30(21-40-36(29)31)28-15-16-33(44-2)35(38)34(28)37/h4-5,11-16,18,21-22,26,39,41-42H,3,6-10,17,19-20H2,1-2H3/b5-4-,29-11-,31-12-,39-24?. The highest BCUT2D eigenvalue weighted by atomic mass is 19.2. The first kappa shape index (κ1) is 31.3. The predicted molar refractivity (Wildman–Crippen MR) is 172 cm³/mol. The fourth-order valence-corrected chi connectivity index (χ4v) is 6.28. The van der Waals surface area contributed by atoms with Gasteiger partial charge in [-0.15, -0.1) is 0 Å². The van der Waals surface area contributed by atoms with Gasteiger partial charge >= 0.3 is 0 Å². The number of allylic oxidation sites excluding steroid dienone is 6. The third kappa shape index (κ3) is 6.97. The number of benzene rings is 2. The lowest BCUT2D eigenvalue weighted by Gasteiger charge is -2.18. The molecule has 0 saturated heterocycles. The van der Waals surface area contributed by atoms with Gasteiger partial charge in [0.15, 0.2) is 17.3 Å². The number of fused-ring (bicyclic) bond motifs is 1. The highest BCUT2D eigenvalue weighted by Gasteiger charge is 2.27. The summed E-state index contributed by atoms with van der Waals surface area (Å²) in [5, 5.41) is 22.2. The Morgan fingerprint density at radius 2 is 1.95 bits per heavy atom. The monoisotopic (exact) mass is 599 g/mol. The highest BCUT2D eigenvalue weighted by Crippen LogP contribution is 2.37. The number of hydrogen-bond donors (Lipinski definition) is 3. The number of carbonyl (C=O) groups excluding carboxylic acids is 1. The number of methoxy groups -OCH3 is 1. The van der Waals surface area contributed by atoms with Crippen LogP contribution in [-0.2, 0) is 6.42 Å². The molecule has 2 aromatic carbocycles. The molecule has 2 aromatic rings. The van der Waals surface area contributed by atoms with Crippen LogP contribution >= 0.6 is 0 Å². The maximum absolute atomic E-state index is 15.0. The van der Waals surface area contributed by atoms with Crippen LogP contribution in [0.15, 0.2) is 77.1 Å². The Labute approximate surface area is 257 Å². The van der Waals surface area contributed by atoms with Crippen molar-refractivity contribution in [1.82, 2.24) is 0 Å². The van der Waals surface area contributed by atoms with E-state index >= 15 is 4.39 Å². The number of carbonyl (C=O) groups is 1. The van der Waals surface area contributed by atoms with Crippen molar-refractivity contribution in [2.24, 2.45) is 10.9 Å². The van der Waals surface area contributed by atoms with Gasteiger partial charge in [0.05, 0.1) is 24.6 Å². The number of aliphatic hydroxyl groups excluding tert-OH is 1. The molecule has 1 saturated carbocycles. The smallest absolute Gasteiger partial charge is 0.201 e. The minimum Gasteiger partial charge on any atom is -0.494 e. The van der Waals surface area contributed by atoms with Gasteiger partial charge in [-0.05, 0) is 61.1 Å². The van der Waals surface area contributed by atoms with Crippen LogP contribution in [-0.4, -0.2) is 35.5 Å². The number of aliphatic imine (C=N–C) groups is 1. The summed E-state index contributed by atoms with van der Waals surface area (Å²) < 4.78 is 34.5. The normalized spacial score (nSPS) is 20.2. The lowest BCUT2D eigenvalue weighted by molar-refractivity contribution is 0.0997. The number of ether oxygens (including phenoxy) is 1. The van der Waals surface area contributed by atoms with Crippen LogP contribution in [0.2, 0.25) is 0 Å². The molecule has 6 nitrogen and oxygen atoms in total. The molecule has 1 heterocycles. The van der Waals surface area contributed by atoms with E-state index in [0.717, 1.165) is 24.1 Å². The Hall–Kier alpha value is -4.17. The number of halogens is 2. The lowest BCUT2D eigenvalue weighted by atomic mass is 9.92. The van der Waals surface area contributed by atoms with E-state index in [4.69, 9.17) is 10.1 Å². The summed E-state index contributed by atoms with van der Waals surface area (Å²) in [4.78, 5) is 17.8. The summed E-state index contributed by atoms with van der Waals surface area (Å²) in [6.45, 7) is 1.98. The summed E-state index contributed by atoms with van der Waals surface area (Å²) in [6.07, 6.45) is 15.5. The summed E-state index contributed by atoms with van der Waals surface area (Å²) in [6, 6.07) is 8.41. The van der Waals surface area contributed by atoms with E-state index < -0.39 is 17.7 Å². The maximum atomic E-state index is 15.0. The molecule has 0 radical (unpaired) electrons. The van der Waals surface area contributed by atoms with Crippen molar-refractivity contribution in [3.8, 4) is 5.75 Å². The number of anilines is 1. The van der Waals surface area contributed by atoms with E-state index in [1.807, 2.05) is 43.4 Å². The maximum Gasteiger partial charge on any atom is 0.201 e. The molecule has 230 valence electrons. The molecule has 1 unspecified atom stereocenters. The first-order valence-electron chi connectivity index (χ1n) is 15.3. The zero-order valence-electron chi connectivity index (χ0n) is 25.3. The van der Waals surface area contributed by atoms with E-state index in [0.29, 0.717) is 53.3 Å². The van der Waals surface area contributed by atoms with Gasteiger partial charge in [-0.1, -0.05) is 56.9 Å². The first-order valence-corrected chi connectivity index (χ1v) is 15.3. The van der Waals surface area contributed by atoms with E-state index in [-0.39, 0.29) is 35.6 Å². The number of hydrogen-bond acceptors (Lipinski definition) is 6. The molecule has 0 spiro atoms. The minimum absolute atomic E-state index is 0.0130. The lowest BCUT2D eigenvalue weighted by Crippen LogP contribution is -2.19. The molecule has 0 aromatic heterocycles. The second-order valence-corrected chi connectivity index (χ2v) is 11.6. The second-order valence-electron chi connectivity index (χ2n) is 11.6. The van der Waals surface area contributed by atoms with Crippen LogP contribution in [0, 0.1) is 23.0 Å². The van der Waals surface area contributed by atoms with Crippen molar-refractivity contribution in [2.75, 3.05) is 12.4 Å². The van der Waals surface area contributed by atoms with Gasteiger partial charge in [-0.25, -0.2) is 4.39 Å². The topological polar surface area (TPSA) is 94.8 Å². The fraction of sp³-hybridized carbons (Fsp3) is 0.361. The van der Waals surface area contributed by atoms with Gasteiger partial charge in [-0.2, -0.15) is 4.39 Å². The molecular formula is C36H39F2N3O3.